The molecule has 0 aliphatic carbocycles. The standard InChI is InChI=1S/C16H19N5O3/c1-11-8-13(18-19(11)2)16(23)20-6-7-21(15(22)10-20)12-4-5-17-14(9-12)24-3/h4-5,8-9H,6-7,10H2,1-3H3. The van der Waals surface area contributed by atoms with Gasteiger partial charge in [0.05, 0.1) is 12.8 Å². The molecule has 2 aromatic heterocycles. The molecule has 1 aliphatic heterocycles. The number of amides is 2. The fraction of sp³-hybridized carbons (Fsp3) is 0.375. The van der Waals surface area contributed by atoms with Crippen LogP contribution in [0.25, 0.3) is 0 Å². The molecule has 0 atom stereocenters. The van der Waals surface area contributed by atoms with E-state index >= 15 is 0 Å². The molecule has 1 saturated heterocycles. The van der Waals surface area contributed by atoms with Crippen LogP contribution >= 0.6 is 0 Å². The summed E-state index contributed by atoms with van der Waals surface area (Å²) in [6.45, 7) is 2.77. The Morgan fingerprint density at radius 1 is 1.29 bits per heavy atom. The number of hydrogen-bond donors (Lipinski definition) is 0. The zero-order valence-corrected chi connectivity index (χ0v) is 13.9. The number of aryl methyl sites for hydroxylation is 2. The van der Waals surface area contributed by atoms with Crippen LogP contribution in [0.1, 0.15) is 16.2 Å². The van der Waals surface area contributed by atoms with Crippen molar-refractivity contribution in [2.45, 2.75) is 6.92 Å². The van der Waals surface area contributed by atoms with Crippen molar-refractivity contribution in [2.75, 3.05) is 31.6 Å². The molecule has 0 saturated carbocycles. The quantitative estimate of drug-likeness (QED) is 0.825. The summed E-state index contributed by atoms with van der Waals surface area (Å²) in [7, 11) is 3.31. The van der Waals surface area contributed by atoms with E-state index in [1.807, 2.05) is 6.92 Å². The van der Waals surface area contributed by atoms with E-state index in [-0.39, 0.29) is 18.4 Å². The van der Waals surface area contributed by atoms with E-state index < -0.39 is 0 Å². The minimum atomic E-state index is -0.223. The van der Waals surface area contributed by atoms with Crippen molar-refractivity contribution in [1.82, 2.24) is 19.7 Å². The second-order valence-electron chi connectivity index (χ2n) is 5.62. The number of rotatable bonds is 3. The highest BCUT2D eigenvalue weighted by Crippen LogP contribution is 2.21. The monoisotopic (exact) mass is 329 g/mol. The first-order valence-electron chi connectivity index (χ1n) is 7.60. The van der Waals surface area contributed by atoms with Gasteiger partial charge in [-0.05, 0) is 19.1 Å². The van der Waals surface area contributed by atoms with Gasteiger partial charge in [0, 0.05) is 38.1 Å². The second kappa shape index (κ2) is 6.31. The first kappa shape index (κ1) is 16.0. The van der Waals surface area contributed by atoms with E-state index in [0.717, 1.165) is 5.69 Å². The number of carbonyl (C=O) groups excluding carboxylic acids is 2. The lowest BCUT2D eigenvalue weighted by atomic mass is 10.2. The van der Waals surface area contributed by atoms with Crippen molar-refractivity contribution in [3.05, 3.63) is 35.8 Å². The molecule has 0 bridgehead atoms. The van der Waals surface area contributed by atoms with Crippen LogP contribution in [-0.4, -0.2) is 58.2 Å². The van der Waals surface area contributed by atoms with E-state index in [2.05, 4.69) is 10.1 Å². The SMILES string of the molecule is COc1cc(N2CCN(C(=O)c3cc(C)n(C)n3)CC2=O)ccn1. The number of carbonyl (C=O) groups is 2. The summed E-state index contributed by atoms with van der Waals surface area (Å²) >= 11 is 0. The number of nitrogens with zero attached hydrogens (tertiary/aromatic N) is 5. The molecule has 24 heavy (non-hydrogen) atoms. The highest BCUT2D eigenvalue weighted by molar-refractivity contribution is 6.01. The zero-order chi connectivity index (χ0) is 17.3. The molecule has 8 nitrogen and oxygen atoms in total. The Balaban J connectivity index is 1.73. The van der Waals surface area contributed by atoms with Gasteiger partial charge in [0.25, 0.3) is 5.91 Å². The molecule has 3 heterocycles. The molecule has 0 aromatic carbocycles. The highest BCUT2D eigenvalue weighted by atomic mass is 16.5. The molecule has 0 radical (unpaired) electrons. The minimum absolute atomic E-state index is 0.0269. The molecular formula is C16H19N5O3. The Kier molecular flexibility index (Phi) is 4.20. The number of anilines is 1. The summed E-state index contributed by atoms with van der Waals surface area (Å²) in [6.07, 6.45) is 1.59. The smallest absolute Gasteiger partial charge is 0.274 e. The Morgan fingerprint density at radius 3 is 2.71 bits per heavy atom. The fourth-order valence-electron chi connectivity index (χ4n) is 2.63. The van der Waals surface area contributed by atoms with Gasteiger partial charge in [-0.1, -0.05) is 0 Å². The van der Waals surface area contributed by atoms with Crippen LogP contribution in [0.4, 0.5) is 5.69 Å². The first-order valence-corrected chi connectivity index (χ1v) is 7.60. The van der Waals surface area contributed by atoms with E-state index in [9.17, 15) is 9.59 Å². The summed E-state index contributed by atoms with van der Waals surface area (Å²) in [5.41, 5.74) is 1.97. The second-order valence-corrected chi connectivity index (χ2v) is 5.62. The minimum Gasteiger partial charge on any atom is -0.481 e. The van der Waals surface area contributed by atoms with Crippen LogP contribution < -0.4 is 9.64 Å². The van der Waals surface area contributed by atoms with Crippen molar-refractivity contribution in [1.29, 1.82) is 0 Å². The molecule has 0 N–H and O–H groups in total. The van der Waals surface area contributed by atoms with E-state index in [4.69, 9.17) is 4.74 Å². The van der Waals surface area contributed by atoms with Gasteiger partial charge in [-0.15, -0.1) is 0 Å². The van der Waals surface area contributed by atoms with Crippen molar-refractivity contribution >= 4 is 17.5 Å². The lowest BCUT2D eigenvalue weighted by Gasteiger charge is -2.34. The average molecular weight is 329 g/mol. The maximum Gasteiger partial charge on any atom is 0.274 e. The van der Waals surface area contributed by atoms with Crippen LogP contribution in [0.3, 0.4) is 0 Å². The lowest BCUT2D eigenvalue weighted by molar-refractivity contribution is -0.120. The molecule has 126 valence electrons. The summed E-state index contributed by atoms with van der Waals surface area (Å²) in [5.74, 6) is 0.0808. The maximum atomic E-state index is 12.5. The van der Waals surface area contributed by atoms with Gasteiger partial charge >= 0.3 is 0 Å². The molecular weight excluding hydrogens is 310 g/mol. The van der Waals surface area contributed by atoms with Crippen LogP contribution in [0.2, 0.25) is 0 Å². The Bertz CT molecular complexity index is 766. The summed E-state index contributed by atoms with van der Waals surface area (Å²) in [4.78, 5) is 32.2. The van der Waals surface area contributed by atoms with Gasteiger partial charge in [-0.3, -0.25) is 14.3 Å². The van der Waals surface area contributed by atoms with E-state index in [0.29, 0.717) is 30.4 Å². The van der Waals surface area contributed by atoms with Crippen LogP contribution in [0, 0.1) is 6.92 Å². The van der Waals surface area contributed by atoms with Gasteiger partial charge in [0.2, 0.25) is 11.8 Å². The third kappa shape index (κ3) is 2.94. The van der Waals surface area contributed by atoms with Gasteiger partial charge in [0.15, 0.2) is 5.69 Å². The third-order valence-corrected chi connectivity index (χ3v) is 4.08. The topological polar surface area (TPSA) is 80.6 Å². The van der Waals surface area contributed by atoms with Gasteiger partial charge in [-0.2, -0.15) is 5.10 Å². The predicted molar refractivity (Wildman–Crippen MR) is 87.0 cm³/mol. The van der Waals surface area contributed by atoms with Crippen molar-refractivity contribution in [3.8, 4) is 5.88 Å². The van der Waals surface area contributed by atoms with Gasteiger partial charge in [-0.25, -0.2) is 4.98 Å². The Hall–Kier alpha value is -2.90. The molecule has 0 unspecified atom stereocenters. The fourth-order valence-corrected chi connectivity index (χ4v) is 2.63. The van der Waals surface area contributed by atoms with E-state index in [1.165, 1.54) is 12.0 Å². The molecule has 2 aromatic rings. The summed E-state index contributed by atoms with van der Waals surface area (Å²) in [6, 6.07) is 5.18. The molecule has 0 spiro atoms. The van der Waals surface area contributed by atoms with Gasteiger partial charge < -0.3 is 14.5 Å². The van der Waals surface area contributed by atoms with E-state index in [1.54, 1.807) is 41.0 Å². The molecule has 8 heteroatoms. The zero-order valence-electron chi connectivity index (χ0n) is 13.9. The summed E-state index contributed by atoms with van der Waals surface area (Å²) in [5, 5.41) is 4.19. The predicted octanol–water partition coefficient (Wildman–Crippen LogP) is 0.621. The Morgan fingerprint density at radius 2 is 2.08 bits per heavy atom. The van der Waals surface area contributed by atoms with Crippen molar-refractivity contribution in [3.63, 3.8) is 0 Å². The van der Waals surface area contributed by atoms with Crippen LogP contribution in [0.5, 0.6) is 5.88 Å². The Labute approximate surface area is 139 Å². The van der Waals surface area contributed by atoms with Crippen LogP contribution in [-0.2, 0) is 11.8 Å². The van der Waals surface area contributed by atoms with Crippen molar-refractivity contribution < 1.29 is 14.3 Å². The number of methoxy groups -OCH3 is 1. The molecule has 2 amide bonds. The first-order chi connectivity index (χ1) is 11.5. The van der Waals surface area contributed by atoms with Gasteiger partial charge in [0.1, 0.15) is 6.54 Å². The normalized spacial score (nSPS) is 14.9. The number of hydrogen-bond acceptors (Lipinski definition) is 5. The number of aromatic nitrogens is 3. The third-order valence-electron chi connectivity index (χ3n) is 4.08. The molecule has 3 rings (SSSR count). The summed E-state index contributed by atoms with van der Waals surface area (Å²) < 4.78 is 6.73. The number of piperazine rings is 1. The number of ether oxygens (including phenoxy) is 1. The van der Waals surface area contributed by atoms with Crippen LogP contribution in [0.15, 0.2) is 24.4 Å². The maximum absolute atomic E-state index is 12.5. The molecule has 1 aliphatic rings. The lowest BCUT2D eigenvalue weighted by Crippen LogP contribution is -2.52. The van der Waals surface area contributed by atoms with Crippen molar-refractivity contribution in [2.24, 2.45) is 7.05 Å². The average Bonchev–Trinajstić information content (AvgIpc) is 2.93. The highest BCUT2D eigenvalue weighted by Gasteiger charge is 2.30. The number of pyridine rings is 1. The molecule has 1 fully saturated rings. The largest absolute Gasteiger partial charge is 0.481 e.